The summed E-state index contributed by atoms with van der Waals surface area (Å²) in [6, 6.07) is 8.28. The number of hydrogen-bond acceptors (Lipinski definition) is 1. The summed E-state index contributed by atoms with van der Waals surface area (Å²) in [6.45, 7) is 3.90. The molecule has 0 bridgehead atoms. The molecule has 0 aliphatic carbocycles. The summed E-state index contributed by atoms with van der Waals surface area (Å²) >= 11 is 0. The molecule has 23 heavy (non-hydrogen) atoms. The number of aryl methyl sites for hydroxylation is 2. The van der Waals surface area contributed by atoms with Crippen LogP contribution in [0, 0.1) is 0 Å². The minimum absolute atomic E-state index is 0.139. The Balaban J connectivity index is 1.83. The number of aromatic nitrogens is 1. The van der Waals surface area contributed by atoms with E-state index in [0.29, 0.717) is 0 Å². The minimum atomic E-state index is 0.139. The zero-order valence-electron chi connectivity index (χ0n) is 15.0. The van der Waals surface area contributed by atoms with Crippen molar-refractivity contribution >= 4 is 16.7 Å². The van der Waals surface area contributed by atoms with Crippen molar-refractivity contribution in [1.82, 2.24) is 4.57 Å². The number of carbonyl (C=O) groups excluding carboxylic acids is 1. The Labute approximate surface area is 140 Å². The fourth-order valence-corrected chi connectivity index (χ4v) is 3.31. The van der Waals surface area contributed by atoms with E-state index < -0.39 is 0 Å². The van der Waals surface area contributed by atoms with E-state index in [1.165, 1.54) is 68.0 Å². The van der Waals surface area contributed by atoms with Gasteiger partial charge in [0.1, 0.15) is 0 Å². The molecule has 0 aliphatic heterocycles. The summed E-state index contributed by atoms with van der Waals surface area (Å²) in [4.78, 5) is 11.5. The lowest BCUT2D eigenvalue weighted by Gasteiger charge is -2.05. The smallest absolute Gasteiger partial charge is 0.159 e. The first kappa shape index (κ1) is 17.8. The van der Waals surface area contributed by atoms with Gasteiger partial charge in [-0.15, -0.1) is 0 Å². The molecular formula is C21H31NO. The zero-order valence-corrected chi connectivity index (χ0v) is 15.0. The quantitative estimate of drug-likeness (QED) is 0.386. The standard InChI is InChI=1S/C21H31NO/c1-4-5-6-7-8-9-10-11-12-20-16-19-15-18(17(2)23)13-14-21(19)22(20)3/h13-16H,4-12H2,1-3H3. The average molecular weight is 313 g/mol. The largest absolute Gasteiger partial charge is 0.348 e. The summed E-state index contributed by atoms with van der Waals surface area (Å²) in [6.07, 6.45) is 12.0. The van der Waals surface area contributed by atoms with Gasteiger partial charge in [0, 0.05) is 29.2 Å². The van der Waals surface area contributed by atoms with Gasteiger partial charge in [-0.1, -0.05) is 51.9 Å². The van der Waals surface area contributed by atoms with E-state index in [9.17, 15) is 4.79 Å². The molecular weight excluding hydrogens is 282 g/mol. The Morgan fingerprint density at radius 1 is 0.957 bits per heavy atom. The summed E-state index contributed by atoms with van der Waals surface area (Å²) in [5.74, 6) is 0.139. The average Bonchev–Trinajstić information content (AvgIpc) is 2.85. The highest BCUT2D eigenvalue weighted by molar-refractivity contribution is 5.98. The van der Waals surface area contributed by atoms with Crippen molar-refractivity contribution in [3.63, 3.8) is 0 Å². The molecule has 126 valence electrons. The van der Waals surface area contributed by atoms with E-state index in [1.807, 2.05) is 12.1 Å². The molecule has 1 heterocycles. The normalized spacial score (nSPS) is 11.3. The molecule has 1 aromatic heterocycles. The molecule has 1 aromatic carbocycles. The maximum Gasteiger partial charge on any atom is 0.159 e. The highest BCUT2D eigenvalue weighted by Gasteiger charge is 2.08. The zero-order chi connectivity index (χ0) is 16.7. The monoisotopic (exact) mass is 313 g/mol. The van der Waals surface area contributed by atoms with Crippen molar-refractivity contribution in [2.24, 2.45) is 7.05 Å². The fourth-order valence-electron chi connectivity index (χ4n) is 3.31. The summed E-state index contributed by atoms with van der Waals surface area (Å²) < 4.78 is 2.28. The third-order valence-corrected chi connectivity index (χ3v) is 4.83. The Kier molecular flexibility index (Phi) is 6.88. The molecule has 0 amide bonds. The Morgan fingerprint density at radius 2 is 1.61 bits per heavy atom. The fraction of sp³-hybridized carbons (Fsp3) is 0.571. The molecule has 0 saturated carbocycles. The van der Waals surface area contributed by atoms with Crippen LogP contribution in [0.2, 0.25) is 0 Å². The van der Waals surface area contributed by atoms with Crippen LogP contribution >= 0.6 is 0 Å². The van der Waals surface area contributed by atoms with Gasteiger partial charge in [-0.2, -0.15) is 0 Å². The van der Waals surface area contributed by atoms with E-state index in [-0.39, 0.29) is 5.78 Å². The number of benzene rings is 1. The Bertz CT molecular complexity index is 639. The van der Waals surface area contributed by atoms with Crippen LogP contribution in [0.3, 0.4) is 0 Å². The Morgan fingerprint density at radius 3 is 2.26 bits per heavy atom. The molecule has 0 unspecified atom stereocenters. The van der Waals surface area contributed by atoms with Gasteiger partial charge in [-0.3, -0.25) is 4.79 Å². The van der Waals surface area contributed by atoms with Gasteiger partial charge in [-0.25, -0.2) is 0 Å². The summed E-state index contributed by atoms with van der Waals surface area (Å²) in [5.41, 5.74) is 3.41. The third kappa shape index (κ3) is 4.95. The molecule has 2 rings (SSSR count). The number of ketones is 1. The number of Topliss-reactive ketones (excluding diaryl/α,β-unsaturated/α-hetero) is 1. The van der Waals surface area contributed by atoms with Gasteiger partial charge in [0.05, 0.1) is 0 Å². The van der Waals surface area contributed by atoms with E-state index in [1.54, 1.807) is 6.92 Å². The highest BCUT2D eigenvalue weighted by atomic mass is 16.1. The number of hydrogen-bond donors (Lipinski definition) is 0. The van der Waals surface area contributed by atoms with Crippen LogP contribution in [-0.2, 0) is 13.5 Å². The number of fused-ring (bicyclic) bond motifs is 1. The highest BCUT2D eigenvalue weighted by Crippen LogP contribution is 2.22. The van der Waals surface area contributed by atoms with Crippen LogP contribution in [0.5, 0.6) is 0 Å². The minimum Gasteiger partial charge on any atom is -0.348 e. The van der Waals surface area contributed by atoms with Crippen LogP contribution in [0.25, 0.3) is 10.9 Å². The number of carbonyl (C=O) groups is 1. The van der Waals surface area contributed by atoms with Crippen LogP contribution in [0.15, 0.2) is 24.3 Å². The molecule has 0 atom stereocenters. The van der Waals surface area contributed by atoms with Gasteiger partial charge >= 0.3 is 0 Å². The second kappa shape index (κ2) is 8.90. The second-order valence-electron chi connectivity index (χ2n) is 6.75. The lowest BCUT2D eigenvalue weighted by atomic mass is 10.1. The van der Waals surface area contributed by atoms with E-state index in [2.05, 4.69) is 30.7 Å². The number of rotatable bonds is 10. The molecule has 0 aliphatic rings. The number of nitrogens with zero attached hydrogens (tertiary/aromatic N) is 1. The topological polar surface area (TPSA) is 22.0 Å². The van der Waals surface area contributed by atoms with E-state index >= 15 is 0 Å². The molecule has 0 N–H and O–H groups in total. The number of unbranched alkanes of at least 4 members (excludes halogenated alkanes) is 7. The maximum atomic E-state index is 11.5. The molecule has 2 heteroatoms. The van der Waals surface area contributed by atoms with Crippen molar-refractivity contribution in [3.8, 4) is 0 Å². The molecule has 0 fully saturated rings. The van der Waals surface area contributed by atoms with Crippen LogP contribution in [0.1, 0.15) is 81.3 Å². The lowest BCUT2D eigenvalue weighted by molar-refractivity contribution is 0.101. The molecule has 0 spiro atoms. The molecule has 0 radical (unpaired) electrons. The van der Waals surface area contributed by atoms with Gasteiger partial charge < -0.3 is 4.57 Å². The summed E-state index contributed by atoms with van der Waals surface area (Å²) in [7, 11) is 2.13. The first-order valence-corrected chi connectivity index (χ1v) is 9.22. The lowest BCUT2D eigenvalue weighted by Crippen LogP contribution is -1.96. The van der Waals surface area contributed by atoms with Crippen molar-refractivity contribution in [3.05, 3.63) is 35.5 Å². The SMILES string of the molecule is CCCCCCCCCCc1cc2cc(C(C)=O)ccc2n1C. The van der Waals surface area contributed by atoms with Crippen molar-refractivity contribution < 1.29 is 4.79 Å². The predicted molar refractivity (Wildman–Crippen MR) is 99.2 cm³/mol. The van der Waals surface area contributed by atoms with Gasteiger partial charge in [-0.05, 0) is 44.0 Å². The van der Waals surface area contributed by atoms with Crippen molar-refractivity contribution in [2.75, 3.05) is 0 Å². The van der Waals surface area contributed by atoms with E-state index in [0.717, 1.165) is 12.0 Å². The first-order valence-electron chi connectivity index (χ1n) is 9.22. The van der Waals surface area contributed by atoms with Gasteiger partial charge in [0.25, 0.3) is 0 Å². The molecule has 0 saturated heterocycles. The van der Waals surface area contributed by atoms with E-state index in [4.69, 9.17) is 0 Å². The molecule has 2 nitrogen and oxygen atoms in total. The Hall–Kier alpha value is -1.57. The van der Waals surface area contributed by atoms with Crippen LogP contribution < -0.4 is 0 Å². The third-order valence-electron chi connectivity index (χ3n) is 4.83. The van der Waals surface area contributed by atoms with Gasteiger partial charge in [0.2, 0.25) is 0 Å². The van der Waals surface area contributed by atoms with Crippen molar-refractivity contribution in [1.29, 1.82) is 0 Å². The van der Waals surface area contributed by atoms with Crippen molar-refractivity contribution in [2.45, 2.75) is 71.6 Å². The predicted octanol–water partition coefficient (Wildman–Crippen LogP) is 6.06. The van der Waals surface area contributed by atoms with Gasteiger partial charge in [0.15, 0.2) is 5.78 Å². The van der Waals surface area contributed by atoms with Crippen LogP contribution in [-0.4, -0.2) is 10.4 Å². The van der Waals surface area contributed by atoms with Crippen LogP contribution in [0.4, 0.5) is 0 Å². The summed E-state index contributed by atoms with van der Waals surface area (Å²) in [5, 5.41) is 1.19. The maximum absolute atomic E-state index is 11.5. The second-order valence-corrected chi connectivity index (χ2v) is 6.75. The molecule has 2 aromatic rings. The first-order chi connectivity index (χ1) is 11.1.